The Morgan fingerprint density at radius 1 is 1.11 bits per heavy atom. The van der Waals surface area contributed by atoms with Crippen LogP contribution >= 0.6 is 11.8 Å². The molecule has 0 atom stereocenters. The van der Waals surface area contributed by atoms with Gasteiger partial charge in [0.2, 0.25) is 0 Å². The van der Waals surface area contributed by atoms with Gasteiger partial charge in [0.15, 0.2) is 0 Å². The van der Waals surface area contributed by atoms with Gasteiger partial charge in [-0.15, -0.1) is 0 Å². The molecule has 3 aromatic rings. The molecule has 0 spiro atoms. The van der Waals surface area contributed by atoms with Crippen molar-refractivity contribution in [2.45, 2.75) is 10.1 Å². The molecule has 5 heteroatoms. The maximum atomic E-state index is 9.21. The van der Waals surface area contributed by atoms with Crippen LogP contribution < -0.4 is 0 Å². The molecule has 0 unspecified atom stereocenters. The van der Waals surface area contributed by atoms with Gasteiger partial charge in [-0.05, 0) is 30.0 Å². The zero-order valence-electron chi connectivity index (χ0n) is 9.82. The van der Waals surface area contributed by atoms with Gasteiger partial charge in [-0.25, -0.2) is 15.0 Å². The number of rotatable bonds is 2. The summed E-state index contributed by atoms with van der Waals surface area (Å²) in [7, 11) is 0. The topological polar surface area (TPSA) is 62.5 Å². The number of aromatic nitrogens is 3. The molecular formula is C14H8N4S. The van der Waals surface area contributed by atoms with Gasteiger partial charge in [0.1, 0.15) is 16.4 Å². The number of para-hydroxylation sites is 1. The summed E-state index contributed by atoms with van der Waals surface area (Å²) in [6.07, 6.45) is 3.18. The van der Waals surface area contributed by atoms with Crippen LogP contribution in [0.2, 0.25) is 0 Å². The van der Waals surface area contributed by atoms with Gasteiger partial charge in [0, 0.05) is 11.6 Å². The Kier molecular flexibility index (Phi) is 3.09. The third-order valence-electron chi connectivity index (χ3n) is 2.58. The van der Waals surface area contributed by atoms with Gasteiger partial charge < -0.3 is 0 Å². The largest absolute Gasteiger partial charge is 0.245 e. The number of nitrogens with zero attached hydrogens (tertiary/aromatic N) is 4. The molecule has 0 saturated carbocycles. The number of hydrogen-bond donors (Lipinski definition) is 0. The lowest BCUT2D eigenvalue weighted by atomic mass is 10.1. The SMILES string of the molecule is N#Cc1cc(Sc2ccncn2)nc2ccccc12. The molecule has 0 fully saturated rings. The summed E-state index contributed by atoms with van der Waals surface area (Å²) < 4.78 is 0. The number of benzene rings is 1. The molecule has 2 aromatic heterocycles. The highest BCUT2D eigenvalue weighted by Crippen LogP contribution is 2.27. The first-order valence-electron chi connectivity index (χ1n) is 5.60. The second kappa shape index (κ2) is 5.04. The van der Waals surface area contributed by atoms with E-state index in [1.54, 1.807) is 12.3 Å². The number of hydrogen-bond acceptors (Lipinski definition) is 5. The van der Waals surface area contributed by atoms with Crippen molar-refractivity contribution in [3.8, 4) is 6.07 Å². The molecule has 0 bridgehead atoms. The van der Waals surface area contributed by atoms with E-state index in [4.69, 9.17) is 0 Å². The van der Waals surface area contributed by atoms with Crippen molar-refractivity contribution in [2.75, 3.05) is 0 Å². The average Bonchev–Trinajstić information content (AvgIpc) is 2.47. The maximum Gasteiger partial charge on any atom is 0.116 e. The molecule has 0 aliphatic carbocycles. The highest BCUT2D eigenvalue weighted by atomic mass is 32.2. The molecule has 0 aliphatic heterocycles. The maximum absolute atomic E-state index is 9.21. The van der Waals surface area contributed by atoms with Crippen molar-refractivity contribution in [3.05, 3.63) is 54.5 Å². The minimum absolute atomic E-state index is 0.627. The Bertz CT molecular complexity index is 765. The predicted octanol–water partition coefficient (Wildman–Crippen LogP) is 3.05. The van der Waals surface area contributed by atoms with E-state index in [0.717, 1.165) is 21.0 Å². The third-order valence-corrected chi connectivity index (χ3v) is 3.45. The predicted molar refractivity (Wildman–Crippen MR) is 72.6 cm³/mol. The molecule has 0 amide bonds. The summed E-state index contributed by atoms with van der Waals surface area (Å²) in [4.78, 5) is 12.5. The van der Waals surface area contributed by atoms with Crippen LogP contribution in [-0.2, 0) is 0 Å². The van der Waals surface area contributed by atoms with Crippen molar-refractivity contribution >= 4 is 22.7 Å². The van der Waals surface area contributed by atoms with E-state index in [9.17, 15) is 5.26 Å². The van der Waals surface area contributed by atoms with Crippen molar-refractivity contribution in [2.24, 2.45) is 0 Å². The number of pyridine rings is 1. The monoisotopic (exact) mass is 264 g/mol. The first-order valence-corrected chi connectivity index (χ1v) is 6.42. The Hall–Kier alpha value is -2.45. The molecule has 0 saturated heterocycles. The number of fused-ring (bicyclic) bond motifs is 1. The molecule has 0 radical (unpaired) electrons. The van der Waals surface area contributed by atoms with Crippen LogP contribution in [0.3, 0.4) is 0 Å². The number of nitriles is 1. The first-order chi connectivity index (χ1) is 9.36. The summed E-state index contributed by atoms with van der Waals surface area (Å²) in [5, 5.41) is 11.7. The highest BCUT2D eigenvalue weighted by Gasteiger charge is 2.06. The summed E-state index contributed by atoms with van der Waals surface area (Å²) in [6.45, 7) is 0. The zero-order chi connectivity index (χ0) is 13.1. The lowest BCUT2D eigenvalue weighted by Gasteiger charge is -2.04. The van der Waals surface area contributed by atoms with Crippen LogP contribution in [0, 0.1) is 11.3 Å². The van der Waals surface area contributed by atoms with Crippen molar-refractivity contribution in [3.63, 3.8) is 0 Å². The first kappa shape index (κ1) is 11.6. The van der Waals surface area contributed by atoms with Gasteiger partial charge in [0.05, 0.1) is 17.1 Å². The van der Waals surface area contributed by atoms with E-state index in [0.29, 0.717) is 5.56 Å². The van der Waals surface area contributed by atoms with E-state index < -0.39 is 0 Å². The molecule has 2 heterocycles. The average molecular weight is 264 g/mol. The highest BCUT2D eigenvalue weighted by molar-refractivity contribution is 7.99. The Labute approximate surface area is 114 Å². The fourth-order valence-corrected chi connectivity index (χ4v) is 2.51. The Balaban J connectivity index is 2.08. The summed E-state index contributed by atoms with van der Waals surface area (Å²) in [5.41, 5.74) is 1.44. The normalized spacial score (nSPS) is 10.3. The van der Waals surface area contributed by atoms with Crippen LogP contribution in [0.1, 0.15) is 5.56 Å². The van der Waals surface area contributed by atoms with Gasteiger partial charge >= 0.3 is 0 Å². The molecular weight excluding hydrogens is 256 g/mol. The van der Waals surface area contributed by atoms with Gasteiger partial charge in [0.25, 0.3) is 0 Å². The molecule has 0 N–H and O–H groups in total. The minimum atomic E-state index is 0.627. The van der Waals surface area contributed by atoms with Crippen LogP contribution in [0.5, 0.6) is 0 Å². The van der Waals surface area contributed by atoms with Crippen LogP contribution in [0.4, 0.5) is 0 Å². The van der Waals surface area contributed by atoms with Gasteiger partial charge in [-0.2, -0.15) is 5.26 Å². The standard InChI is InChI=1S/C14H8N4S/c15-8-10-7-14(19-13-5-6-16-9-17-13)18-12-4-2-1-3-11(10)12/h1-7,9H. The van der Waals surface area contributed by atoms with E-state index in [1.807, 2.05) is 30.3 Å². The van der Waals surface area contributed by atoms with Crippen LogP contribution in [0.15, 0.2) is 59.0 Å². The lowest BCUT2D eigenvalue weighted by molar-refractivity contribution is 1.04. The minimum Gasteiger partial charge on any atom is -0.245 e. The summed E-state index contributed by atoms with van der Waals surface area (Å²) in [5.74, 6) is 0. The third kappa shape index (κ3) is 2.39. The molecule has 3 rings (SSSR count). The molecule has 4 nitrogen and oxygen atoms in total. The fraction of sp³-hybridized carbons (Fsp3) is 0. The molecule has 1 aromatic carbocycles. The Morgan fingerprint density at radius 2 is 2.00 bits per heavy atom. The smallest absolute Gasteiger partial charge is 0.116 e. The fourth-order valence-electron chi connectivity index (χ4n) is 1.74. The van der Waals surface area contributed by atoms with Gasteiger partial charge in [-0.1, -0.05) is 18.2 Å². The summed E-state index contributed by atoms with van der Waals surface area (Å²) in [6, 6.07) is 13.4. The Morgan fingerprint density at radius 3 is 2.79 bits per heavy atom. The van der Waals surface area contributed by atoms with Crippen LogP contribution in [-0.4, -0.2) is 15.0 Å². The quantitative estimate of drug-likeness (QED) is 0.666. The van der Waals surface area contributed by atoms with E-state index in [-0.39, 0.29) is 0 Å². The second-order valence-electron chi connectivity index (χ2n) is 3.79. The lowest BCUT2D eigenvalue weighted by Crippen LogP contribution is -1.88. The van der Waals surface area contributed by atoms with E-state index in [2.05, 4.69) is 21.0 Å². The molecule has 90 valence electrons. The van der Waals surface area contributed by atoms with Crippen LogP contribution in [0.25, 0.3) is 10.9 Å². The van der Waals surface area contributed by atoms with Crippen molar-refractivity contribution < 1.29 is 0 Å². The summed E-state index contributed by atoms with van der Waals surface area (Å²) >= 11 is 1.42. The second-order valence-corrected chi connectivity index (χ2v) is 4.83. The van der Waals surface area contributed by atoms with E-state index >= 15 is 0 Å². The van der Waals surface area contributed by atoms with E-state index in [1.165, 1.54) is 18.1 Å². The zero-order valence-corrected chi connectivity index (χ0v) is 10.6. The molecule has 0 aliphatic rings. The molecule has 19 heavy (non-hydrogen) atoms. The van der Waals surface area contributed by atoms with Gasteiger partial charge in [-0.3, -0.25) is 0 Å². The van der Waals surface area contributed by atoms with Crippen molar-refractivity contribution in [1.29, 1.82) is 5.26 Å². The van der Waals surface area contributed by atoms with Crippen molar-refractivity contribution in [1.82, 2.24) is 15.0 Å².